The summed E-state index contributed by atoms with van der Waals surface area (Å²) in [6.07, 6.45) is 7.20. The molecule has 0 atom stereocenters. The number of hydrogen-bond acceptors (Lipinski definition) is 3. The van der Waals surface area contributed by atoms with Crippen LogP contribution in [0.5, 0.6) is 5.75 Å². The maximum absolute atomic E-state index is 8.60. The number of nitriles is 1. The quantitative estimate of drug-likeness (QED) is 0.711. The third-order valence-electron chi connectivity index (χ3n) is 3.78. The van der Waals surface area contributed by atoms with E-state index in [0.717, 1.165) is 23.8 Å². The molecule has 1 aliphatic rings. The van der Waals surface area contributed by atoms with Crippen LogP contribution in [0.25, 0.3) is 0 Å². The van der Waals surface area contributed by atoms with Crippen molar-refractivity contribution in [1.82, 2.24) is 0 Å². The molecule has 0 heterocycles. The van der Waals surface area contributed by atoms with Gasteiger partial charge in [-0.05, 0) is 36.5 Å². The van der Waals surface area contributed by atoms with Crippen molar-refractivity contribution in [2.45, 2.75) is 38.5 Å². The van der Waals surface area contributed by atoms with Crippen LogP contribution in [0, 0.1) is 17.2 Å². The molecule has 0 saturated heterocycles. The van der Waals surface area contributed by atoms with E-state index in [1.807, 2.05) is 24.3 Å². The molecule has 3 nitrogen and oxygen atoms in total. The lowest BCUT2D eigenvalue weighted by Crippen LogP contribution is -2.16. The van der Waals surface area contributed by atoms with E-state index in [1.165, 1.54) is 32.1 Å². The zero-order valence-electron chi connectivity index (χ0n) is 12.0. The average molecular weight is 273 g/mol. The molecular formula is C17H23NO2. The summed E-state index contributed by atoms with van der Waals surface area (Å²) in [6, 6.07) is 9.82. The number of ether oxygens (including phenoxy) is 2. The molecule has 1 aliphatic carbocycles. The minimum absolute atomic E-state index is 0.449. The Hall–Kier alpha value is -1.53. The van der Waals surface area contributed by atoms with Crippen molar-refractivity contribution in [2.75, 3.05) is 19.8 Å². The highest BCUT2D eigenvalue weighted by Crippen LogP contribution is 2.23. The summed E-state index contributed by atoms with van der Waals surface area (Å²) in [5.74, 6) is 1.60. The van der Waals surface area contributed by atoms with Crippen LogP contribution in [0.3, 0.4) is 0 Å². The average Bonchev–Trinajstić information content (AvgIpc) is 2.50. The highest BCUT2D eigenvalue weighted by Gasteiger charge is 2.12. The van der Waals surface area contributed by atoms with Gasteiger partial charge in [0, 0.05) is 6.61 Å². The lowest BCUT2D eigenvalue weighted by atomic mass is 9.90. The Morgan fingerprint density at radius 1 is 1.05 bits per heavy atom. The summed E-state index contributed by atoms with van der Waals surface area (Å²) >= 11 is 0. The largest absolute Gasteiger partial charge is 0.491 e. The van der Waals surface area contributed by atoms with Gasteiger partial charge in [0.25, 0.3) is 0 Å². The normalized spacial score (nSPS) is 15.8. The zero-order chi connectivity index (χ0) is 14.0. The lowest BCUT2D eigenvalue weighted by Gasteiger charge is -2.21. The van der Waals surface area contributed by atoms with Gasteiger partial charge in [-0.3, -0.25) is 0 Å². The van der Waals surface area contributed by atoms with Gasteiger partial charge in [0.1, 0.15) is 12.4 Å². The molecule has 2 rings (SSSR count). The van der Waals surface area contributed by atoms with Crippen LogP contribution in [-0.4, -0.2) is 19.8 Å². The Bertz CT molecular complexity index is 416. The molecule has 1 aromatic carbocycles. The van der Waals surface area contributed by atoms with E-state index >= 15 is 0 Å². The fourth-order valence-electron chi connectivity index (χ4n) is 2.62. The predicted octanol–water partition coefficient (Wildman–Crippen LogP) is 3.73. The molecule has 1 aromatic rings. The van der Waals surface area contributed by atoms with Gasteiger partial charge in [0.15, 0.2) is 0 Å². The first-order valence-corrected chi connectivity index (χ1v) is 7.55. The van der Waals surface area contributed by atoms with E-state index in [4.69, 9.17) is 14.7 Å². The van der Waals surface area contributed by atoms with Crippen molar-refractivity contribution in [2.24, 2.45) is 5.92 Å². The van der Waals surface area contributed by atoms with Crippen molar-refractivity contribution >= 4 is 0 Å². The molecule has 0 aromatic heterocycles. The van der Waals surface area contributed by atoms with E-state index in [0.29, 0.717) is 19.6 Å². The topological polar surface area (TPSA) is 42.2 Å². The Kier molecular flexibility index (Phi) is 6.40. The van der Waals surface area contributed by atoms with E-state index in [2.05, 4.69) is 6.07 Å². The molecule has 0 radical (unpaired) electrons. The second kappa shape index (κ2) is 8.60. The minimum Gasteiger partial charge on any atom is -0.491 e. The van der Waals surface area contributed by atoms with Crippen molar-refractivity contribution in [3.05, 3.63) is 29.8 Å². The first-order chi connectivity index (χ1) is 9.88. The molecule has 0 amide bonds. The standard InChI is InChI=1S/C17H23NO2/c18-11-10-15-6-8-17(9-7-15)20-13-12-19-14-16-4-2-1-3-5-16/h6-9,16H,1-5,10,12-14H2. The fourth-order valence-corrected chi connectivity index (χ4v) is 2.62. The third-order valence-corrected chi connectivity index (χ3v) is 3.78. The van der Waals surface area contributed by atoms with Crippen LogP contribution < -0.4 is 4.74 Å². The molecule has 0 unspecified atom stereocenters. The monoisotopic (exact) mass is 273 g/mol. The Morgan fingerprint density at radius 3 is 2.50 bits per heavy atom. The number of nitrogens with zero attached hydrogens (tertiary/aromatic N) is 1. The lowest BCUT2D eigenvalue weighted by molar-refractivity contribution is 0.0635. The number of rotatable bonds is 7. The maximum Gasteiger partial charge on any atom is 0.119 e. The molecule has 0 aliphatic heterocycles. The predicted molar refractivity (Wildman–Crippen MR) is 78.6 cm³/mol. The van der Waals surface area contributed by atoms with Crippen LogP contribution in [0.1, 0.15) is 37.7 Å². The second-order valence-corrected chi connectivity index (χ2v) is 5.41. The molecular weight excluding hydrogens is 250 g/mol. The van der Waals surface area contributed by atoms with Gasteiger partial charge in [0.05, 0.1) is 19.1 Å². The fraction of sp³-hybridized carbons (Fsp3) is 0.588. The molecule has 0 N–H and O–H groups in total. The van der Waals surface area contributed by atoms with Crippen LogP contribution in [-0.2, 0) is 11.2 Å². The molecule has 0 bridgehead atoms. The van der Waals surface area contributed by atoms with E-state index in [9.17, 15) is 0 Å². The summed E-state index contributed by atoms with van der Waals surface area (Å²) in [5.41, 5.74) is 1.02. The van der Waals surface area contributed by atoms with Crippen LogP contribution >= 0.6 is 0 Å². The Morgan fingerprint density at radius 2 is 1.80 bits per heavy atom. The van der Waals surface area contributed by atoms with Gasteiger partial charge >= 0.3 is 0 Å². The van der Waals surface area contributed by atoms with Gasteiger partial charge in [0.2, 0.25) is 0 Å². The molecule has 20 heavy (non-hydrogen) atoms. The Balaban J connectivity index is 1.57. The Labute approximate surface area is 121 Å². The minimum atomic E-state index is 0.449. The summed E-state index contributed by atoms with van der Waals surface area (Å²) in [4.78, 5) is 0. The van der Waals surface area contributed by atoms with E-state index < -0.39 is 0 Å². The number of hydrogen-bond donors (Lipinski definition) is 0. The highest BCUT2D eigenvalue weighted by molar-refractivity contribution is 5.28. The first-order valence-electron chi connectivity index (χ1n) is 7.55. The molecule has 1 fully saturated rings. The highest BCUT2D eigenvalue weighted by atomic mass is 16.5. The zero-order valence-corrected chi connectivity index (χ0v) is 12.0. The smallest absolute Gasteiger partial charge is 0.119 e. The third kappa shape index (κ3) is 5.22. The van der Waals surface area contributed by atoms with Gasteiger partial charge in [-0.15, -0.1) is 0 Å². The van der Waals surface area contributed by atoms with Gasteiger partial charge in [-0.1, -0.05) is 31.4 Å². The molecule has 108 valence electrons. The van der Waals surface area contributed by atoms with E-state index in [-0.39, 0.29) is 0 Å². The van der Waals surface area contributed by atoms with Crippen LogP contribution in [0.15, 0.2) is 24.3 Å². The van der Waals surface area contributed by atoms with Crippen molar-refractivity contribution < 1.29 is 9.47 Å². The van der Waals surface area contributed by atoms with Gasteiger partial charge in [-0.2, -0.15) is 5.26 Å². The summed E-state index contributed by atoms with van der Waals surface area (Å²) in [6.45, 7) is 2.12. The van der Waals surface area contributed by atoms with Crippen molar-refractivity contribution in [1.29, 1.82) is 5.26 Å². The summed E-state index contributed by atoms with van der Waals surface area (Å²) in [7, 11) is 0. The SMILES string of the molecule is N#CCc1ccc(OCCOCC2CCCCC2)cc1. The summed E-state index contributed by atoms with van der Waals surface area (Å²) in [5, 5.41) is 8.60. The summed E-state index contributed by atoms with van der Waals surface area (Å²) < 4.78 is 11.3. The van der Waals surface area contributed by atoms with Crippen LogP contribution in [0.2, 0.25) is 0 Å². The first kappa shape index (κ1) is 14.9. The second-order valence-electron chi connectivity index (χ2n) is 5.41. The molecule has 3 heteroatoms. The molecule has 1 saturated carbocycles. The van der Waals surface area contributed by atoms with Crippen LogP contribution in [0.4, 0.5) is 0 Å². The maximum atomic E-state index is 8.60. The van der Waals surface area contributed by atoms with E-state index in [1.54, 1.807) is 0 Å². The van der Waals surface area contributed by atoms with Crippen molar-refractivity contribution in [3.8, 4) is 11.8 Å². The molecule has 0 spiro atoms. The van der Waals surface area contributed by atoms with Crippen molar-refractivity contribution in [3.63, 3.8) is 0 Å². The van der Waals surface area contributed by atoms with Gasteiger partial charge < -0.3 is 9.47 Å². The van der Waals surface area contributed by atoms with Gasteiger partial charge in [-0.25, -0.2) is 0 Å². The number of benzene rings is 1.